The first-order valence-electron chi connectivity index (χ1n) is 29.1. The van der Waals surface area contributed by atoms with Gasteiger partial charge in [-0.3, -0.25) is 19.2 Å². The summed E-state index contributed by atoms with van der Waals surface area (Å²) >= 11 is 0. The Bertz CT molecular complexity index is 3290. The quantitative estimate of drug-likeness (QED) is 0.127. The van der Waals surface area contributed by atoms with Gasteiger partial charge in [-0.25, -0.2) is 9.97 Å². The maximum Gasteiger partial charge on any atom is 0.272 e. The average Bonchev–Trinajstić information content (AvgIpc) is 4.09. The van der Waals surface area contributed by atoms with Crippen LogP contribution in [0.2, 0.25) is 0 Å². The van der Waals surface area contributed by atoms with Crippen molar-refractivity contribution >= 4 is 67.9 Å². The molecule has 4 fully saturated rings. The molecule has 16 nitrogen and oxygen atoms in total. The fraction of sp³-hybridized carbons (Fsp3) is 0.415. The van der Waals surface area contributed by atoms with Crippen LogP contribution in [0, 0.1) is 0 Å². The molecule has 6 aliphatic rings. The van der Waals surface area contributed by atoms with Gasteiger partial charge in [0.15, 0.2) is 0 Å². The van der Waals surface area contributed by atoms with E-state index >= 15 is 0 Å². The molecule has 4 saturated heterocycles. The highest BCUT2D eigenvalue weighted by Crippen LogP contribution is 2.37. The summed E-state index contributed by atoms with van der Waals surface area (Å²) in [6, 6.07) is 34.6. The molecule has 81 heavy (non-hydrogen) atoms. The van der Waals surface area contributed by atoms with E-state index in [2.05, 4.69) is 156 Å². The first-order valence-corrected chi connectivity index (χ1v) is 29.1. The zero-order valence-corrected chi connectivity index (χ0v) is 48.4. The van der Waals surface area contributed by atoms with Crippen LogP contribution < -0.4 is 19.6 Å². The van der Waals surface area contributed by atoms with Crippen molar-refractivity contribution in [2.75, 3.05) is 139 Å². The van der Waals surface area contributed by atoms with Crippen molar-refractivity contribution < 1.29 is 19.2 Å². The lowest BCUT2D eigenvalue weighted by Gasteiger charge is -2.43. The number of amides is 4. The maximum atomic E-state index is 13.8. The topological polar surface area (TPSA) is 126 Å². The third-order valence-electron chi connectivity index (χ3n) is 17.2. The Labute approximate surface area is 478 Å². The SMILES string of the molecule is C=CC(=O)N1CCN(c2cc(C(=O)N3CC(N(C)C)C3)nc3c2CCN(c2cccc4ccccc24)C3)CC1.C=CC(=O)N1CCN(c2cc(C(=O)N3CCC(N(C)C)C3)nc3c2CCN(c2cccc4ccccc24)C3)CC1.CC. The lowest BCUT2D eigenvalue weighted by Crippen LogP contribution is -2.59. The van der Waals surface area contributed by atoms with E-state index in [4.69, 9.17) is 9.97 Å². The highest BCUT2D eigenvalue weighted by Gasteiger charge is 2.36. The van der Waals surface area contributed by atoms with E-state index in [1.54, 1.807) is 0 Å². The van der Waals surface area contributed by atoms with Crippen LogP contribution in [0.15, 0.2) is 122 Å². The summed E-state index contributed by atoms with van der Waals surface area (Å²) in [6.07, 6.45) is 5.46. The molecule has 8 heterocycles. The van der Waals surface area contributed by atoms with E-state index in [-0.39, 0.29) is 23.6 Å². The highest BCUT2D eigenvalue weighted by atomic mass is 16.2. The van der Waals surface area contributed by atoms with Crippen molar-refractivity contribution in [3.05, 3.63) is 156 Å². The van der Waals surface area contributed by atoms with Crippen molar-refractivity contribution in [1.82, 2.24) is 39.4 Å². The van der Waals surface area contributed by atoms with Gasteiger partial charge in [-0.05, 0) is 94.6 Å². The molecule has 1 unspecified atom stereocenters. The fourth-order valence-corrected chi connectivity index (χ4v) is 12.4. The number of nitrogens with zero attached hydrogens (tertiary/aromatic N) is 12. The van der Waals surface area contributed by atoms with Crippen molar-refractivity contribution in [3.63, 3.8) is 0 Å². The molecule has 2 aromatic heterocycles. The van der Waals surface area contributed by atoms with Crippen molar-refractivity contribution in [3.8, 4) is 0 Å². The van der Waals surface area contributed by atoms with Crippen LogP contribution in [0.1, 0.15) is 63.8 Å². The van der Waals surface area contributed by atoms with E-state index < -0.39 is 0 Å². The molecule has 0 aliphatic carbocycles. The number of carbonyl (C=O) groups excluding carboxylic acids is 4. The van der Waals surface area contributed by atoms with E-state index in [1.165, 1.54) is 56.2 Å². The van der Waals surface area contributed by atoms with Gasteiger partial charge in [-0.2, -0.15) is 0 Å². The Kier molecular flexibility index (Phi) is 17.4. The number of fused-ring (bicyclic) bond motifs is 4. The molecule has 16 heteroatoms. The summed E-state index contributed by atoms with van der Waals surface area (Å²) in [5.41, 5.74) is 10.0. The summed E-state index contributed by atoms with van der Waals surface area (Å²) in [5.74, 6) is -0.0419. The number of pyridine rings is 2. The molecule has 0 saturated carbocycles. The van der Waals surface area contributed by atoms with E-state index in [0.29, 0.717) is 62.7 Å². The molecule has 12 rings (SSSR count). The molecule has 0 N–H and O–H groups in total. The van der Waals surface area contributed by atoms with Crippen molar-refractivity contribution in [2.24, 2.45) is 0 Å². The minimum Gasteiger partial charge on any atom is -0.368 e. The van der Waals surface area contributed by atoms with Crippen LogP contribution >= 0.6 is 0 Å². The van der Waals surface area contributed by atoms with Gasteiger partial charge < -0.3 is 49.0 Å². The second kappa shape index (κ2) is 24.9. The van der Waals surface area contributed by atoms with Gasteiger partial charge in [0.2, 0.25) is 11.8 Å². The Balaban J connectivity index is 0.000000177. The number of benzene rings is 4. The normalized spacial score (nSPS) is 18.2. The minimum atomic E-state index is -0.0266. The summed E-state index contributed by atoms with van der Waals surface area (Å²) < 4.78 is 0. The number of carbonyl (C=O) groups is 4. The third-order valence-corrected chi connectivity index (χ3v) is 17.2. The second-order valence-electron chi connectivity index (χ2n) is 22.3. The number of likely N-dealkylation sites (N-methyl/N-ethyl adjacent to an activating group) is 2. The van der Waals surface area contributed by atoms with Gasteiger partial charge in [0, 0.05) is 148 Å². The number of rotatable bonds is 10. The van der Waals surface area contributed by atoms with E-state index in [9.17, 15) is 19.2 Å². The third kappa shape index (κ3) is 11.9. The summed E-state index contributed by atoms with van der Waals surface area (Å²) in [7, 11) is 8.26. The Morgan fingerprint density at radius 3 is 1.30 bits per heavy atom. The maximum absolute atomic E-state index is 13.8. The molecular weight excluding hydrogens is 1010 g/mol. The molecule has 0 bridgehead atoms. The Morgan fingerprint density at radius 1 is 0.469 bits per heavy atom. The first-order chi connectivity index (χ1) is 39.3. The fourth-order valence-electron chi connectivity index (χ4n) is 12.4. The molecule has 0 radical (unpaired) electrons. The monoisotopic (exact) mass is 1090 g/mol. The highest BCUT2D eigenvalue weighted by molar-refractivity contribution is 5.97. The number of hydrogen-bond donors (Lipinski definition) is 0. The Morgan fingerprint density at radius 2 is 0.877 bits per heavy atom. The van der Waals surface area contributed by atoms with Gasteiger partial charge >= 0.3 is 0 Å². The molecule has 4 amide bonds. The first kappa shape index (κ1) is 56.5. The van der Waals surface area contributed by atoms with E-state index in [1.807, 2.05) is 45.6 Å². The molecular formula is C65H80N12O4. The van der Waals surface area contributed by atoms with Crippen LogP contribution in [0.4, 0.5) is 22.7 Å². The smallest absolute Gasteiger partial charge is 0.272 e. The minimum absolute atomic E-state index is 0.0000875. The van der Waals surface area contributed by atoms with Gasteiger partial charge in [-0.15, -0.1) is 0 Å². The van der Waals surface area contributed by atoms with Gasteiger partial charge in [0.1, 0.15) is 11.4 Å². The Hall–Kier alpha value is -7.82. The molecule has 4 aromatic carbocycles. The zero-order valence-electron chi connectivity index (χ0n) is 48.4. The number of likely N-dealkylation sites (tertiary alicyclic amines) is 2. The number of anilines is 4. The molecule has 6 aromatic rings. The zero-order chi connectivity index (χ0) is 56.9. The van der Waals surface area contributed by atoms with Crippen LogP contribution in [0.3, 0.4) is 0 Å². The number of hydrogen-bond acceptors (Lipinski definition) is 12. The standard InChI is InChI=1S/C32H38N6O2.C31H36N6O2.C2H6/c1-4-31(39)36-18-16-35(17-19-36)30-20-27(32(40)38-14-12-24(21-38)34(2)3)33-28-22-37(15-13-26(28)30)29-11-7-9-23-8-5-6-10-25(23)29;1-4-30(38)35-16-14-34(15-17-35)29-18-26(31(39)37-19-23(20-37)33(2)3)32-27-21-36(13-12-25(27)29)28-11-7-9-22-8-5-6-10-24(22)28;1-2/h4-11,20,24H,1,12-19,21-22H2,2-3H3;4-11,18,23H,1,12-17,19-21H2,2-3H3;1-2H3. The summed E-state index contributed by atoms with van der Waals surface area (Å²) in [6.45, 7) is 22.8. The summed E-state index contributed by atoms with van der Waals surface area (Å²) in [4.78, 5) is 83.1. The van der Waals surface area contributed by atoms with Crippen LogP contribution in [0.5, 0.6) is 0 Å². The number of piperazine rings is 2. The lowest BCUT2D eigenvalue weighted by molar-refractivity contribution is -0.127. The van der Waals surface area contributed by atoms with Crippen LogP contribution in [-0.4, -0.2) is 195 Å². The molecule has 424 valence electrons. The van der Waals surface area contributed by atoms with Gasteiger partial charge in [0.05, 0.1) is 24.5 Å². The molecule has 0 spiro atoms. The average molecular weight is 1090 g/mol. The van der Waals surface area contributed by atoms with Crippen LogP contribution in [0.25, 0.3) is 21.5 Å². The predicted molar refractivity (Wildman–Crippen MR) is 327 cm³/mol. The largest absolute Gasteiger partial charge is 0.368 e. The second-order valence-corrected chi connectivity index (χ2v) is 22.3. The van der Waals surface area contributed by atoms with Gasteiger partial charge in [0.25, 0.3) is 11.8 Å². The molecule has 6 aliphatic heterocycles. The van der Waals surface area contributed by atoms with Gasteiger partial charge in [-0.1, -0.05) is 99.8 Å². The van der Waals surface area contributed by atoms with E-state index in [0.717, 1.165) is 107 Å². The molecule has 1 atom stereocenters. The number of aromatic nitrogens is 2. The lowest BCUT2D eigenvalue weighted by atomic mass is 9.98. The van der Waals surface area contributed by atoms with Crippen LogP contribution in [-0.2, 0) is 35.5 Å². The predicted octanol–water partition coefficient (Wildman–Crippen LogP) is 7.45. The summed E-state index contributed by atoms with van der Waals surface area (Å²) in [5, 5.41) is 4.91. The van der Waals surface area contributed by atoms with Crippen molar-refractivity contribution in [1.29, 1.82) is 0 Å². The van der Waals surface area contributed by atoms with Crippen molar-refractivity contribution in [2.45, 2.75) is 58.3 Å².